The van der Waals surface area contributed by atoms with Gasteiger partial charge in [-0.1, -0.05) is 71.8 Å². The van der Waals surface area contributed by atoms with E-state index in [-0.39, 0.29) is 0 Å². The second kappa shape index (κ2) is 4.71. The molecule has 2 radical (unpaired) electrons. The van der Waals surface area contributed by atoms with Gasteiger partial charge in [-0.15, -0.1) is 0 Å². The highest BCUT2D eigenvalue weighted by atomic mass is 32.2. The van der Waals surface area contributed by atoms with E-state index >= 15 is 0 Å². The molecule has 4 rings (SSSR count). The Labute approximate surface area is 125 Å². The first-order valence-corrected chi connectivity index (χ1v) is 7.68. The zero-order chi connectivity index (χ0) is 13.5. The van der Waals surface area contributed by atoms with Crippen LogP contribution in [0.4, 0.5) is 0 Å². The van der Waals surface area contributed by atoms with Crippen LogP contribution in [0.1, 0.15) is 23.5 Å². The zero-order valence-corrected chi connectivity index (χ0v) is 11.9. The van der Waals surface area contributed by atoms with Gasteiger partial charge >= 0.3 is 0 Å². The molecule has 0 saturated carbocycles. The van der Waals surface area contributed by atoms with E-state index in [0.717, 1.165) is 11.9 Å². The smallest absolute Gasteiger partial charge is 0.0966 e. The Kier molecular flexibility index (Phi) is 2.85. The number of hydrogen-bond donors (Lipinski definition) is 0. The summed E-state index contributed by atoms with van der Waals surface area (Å²) >= 11 is 1.92. The summed E-state index contributed by atoms with van der Waals surface area (Å²) in [7, 11) is 5.79. The van der Waals surface area contributed by atoms with Crippen molar-refractivity contribution in [3.8, 4) is 0 Å². The lowest BCUT2D eigenvalue weighted by atomic mass is 9.86. The van der Waals surface area contributed by atoms with Crippen LogP contribution in [0.3, 0.4) is 0 Å². The molecular formula is C18H13BS. The van der Waals surface area contributed by atoms with Gasteiger partial charge in [0.25, 0.3) is 0 Å². The second-order valence-electron chi connectivity index (χ2n) is 5.23. The molecule has 0 fully saturated rings. The largest absolute Gasteiger partial charge is 0.113 e. The van der Waals surface area contributed by atoms with Crippen molar-refractivity contribution in [1.82, 2.24) is 0 Å². The molecule has 0 bridgehead atoms. The molecule has 1 atom stereocenters. The molecule has 0 nitrogen and oxygen atoms in total. The number of hydrogen-bond acceptors (Lipinski definition) is 1. The number of benzene rings is 2. The van der Waals surface area contributed by atoms with E-state index in [4.69, 9.17) is 7.85 Å². The Morgan fingerprint density at radius 2 is 1.80 bits per heavy atom. The molecular weight excluding hydrogens is 259 g/mol. The number of thioether (sulfide) groups is 1. The van der Waals surface area contributed by atoms with Crippen LogP contribution >= 0.6 is 11.8 Å². The van der Waals surface area contributed by atoms with Crippen LogP contribution in [0.15, 0.2) is 70.5 Å². The standard InChI is InChI=1S/C18H13BS/c19-13-10-8-12(9-11-13)14-5-3-6-16-15-4-1-2-7-17(15)20-18(14)16/h1-5,7-11,16H,6H2. The third-order valence-electron chi connectivity index (χ3n) is 3.97. The van der Waals surface area contributed by atoms with E-state index in [0.29, 0.717) is 5.92 Å². The minimum atomic E-state index is 0.536. The molecule has 1 heterocycles. The summed E-state index contributed by atoms with van der Waals surface area (Å²) in [5.74, 6) is 0.536. The van der Waals surface area contributed by atoms with Crippen molar-refractivity contribution < 1.29 is 0 Å². The fraction of sp³-hybridized carbons (Fsp3) is 0.111. The number of allylic oxidation sites excluding steroid dienone is 4. The minimum Gasteiger partial charge on any atom is -0.0966 e. The highest BCUT2D eigenvalue weighted by molar-refractivity contribution is 8.03. The van der Waals surface area contributed by atoms with E-state index in [1.165, 1.54) is 26.5 Å². The molecule has 94 valence electrons. The first kappa shape index (κ1) is 12.1. The number of fused-ring (bicyclic) bond motifs is 3. The van der Waals surface area contributed by atoms with Gasteiger partial charge in [-0.25, -0.2) is 0 Å². The van der Waals surface area contributed by atoms with Crippen molar-refractivity contribution in [3.63, 3.8) is 0 Å². The van der Waals surface area contributed by atoms with Gasteiger partial charge in [0.05, 0.1) is 0 Å². The van der Waals surface area contributed by atoms with Crippen LogP contribution in [0, 0.1) is 0 Å². The molecule has 2 aromatic carbocycles. The first-order valence-electron chi connectivity index (χ1n) is 6.86. The van der Waals surface area contributed by atoms with Crippen LogP contribution in [0.5, 0.6) is 0 Å². The van der Waals surface area contributed by atoms with Crippen molar-refractivity contribution in [1.29, 1.82) is 0 Å². The van der Waals surface area contributed by atoms with E-state index in [1.54, 1.807) is 0 Å². The lowest BCUT2D eigenvalue weighted by Gasteiger charge is -2.19. The first-order chi connectivity index (χ1) is 9.83. The Morgan fingerprint density at radius 1 is 1.00 bits per heavy atom. The highest BCUT2D eigenvalue weighted by Crippen LogP contribution is 2.54. The van der Waals surface area contributed by atoms with Crippen molar-refractivity contribution in [2.24, 2.45) is 0 Å². The summed E-state index contributed by atoms with van der Waals surface area (Å²) in [6.07, 6.45) is 5.66. The van der Waals surface area contributed by atoms with Gasteiger partial charge in [0.15, 0.2) is 0 Å². The van der Waals surface area contributed by atoms with Crippen molar-refractivity contribution >= 4 is 30.6 Å². The normalized spacial score (nSPS) is 19.9. The summed E-state index contributed by atoms with van der Waals surface area (Å²) in [6, 6.07) is 17.0. The monoisotopic (exact) mass is 272 g/mol. The minimum absolute atomic E-state index is 0.536. The van der Waals surface area contributed by atoms with Gasteiger partial charge < -0.3 is 0 Å². The molecule has 2 aliphatic rings. The molecule has 0 spiro atoms. The summed E-state index contributed by atoms with van der Waals surface area (Å²) in [4.78, 5) is 2.89. The van der Waals surface area contributed by atoms with Gasteiger partial charge in [0.2, 0.25) is 0 Å². The Morgan fingerprint density at radius 3 is 2.65 bits per heavy atom. The second-order valence-corrected chi connectivity index (χ2v) is 6.31. The molecule has 0 N–H and O–H groups in total. The van der Waals surface area contributed by atoms with Gasteiger partial charge in [0, 0.05) is 15.7 Å². The fourth-order valence-electron chi connectivity index (χ4n) is 2.97. The molecule has 0 aromatic heterocycles. The SMILES string of the molecule is [B]c1ccc(C2=C3Sc4ccccc4C3CC=C2)cc1. The maximum atomic E-state index is 5.79. The molecule has 0 amide bonds. The third kappa shape index (κ3) is 1.87. The molecule has 20 heavy (non-hydrogen) atoms. The Hall–Kier alpha value is -1.67. The number of rotatable bonds is 1. The quantitative estimate of drug-likeness (QED) is 0.706. The van der Waals surface area contributed by atoms with Crippen molar-refractivity contribution in [3.05, 3.63) is 76.7 Å². The highest BCUT2D eigenvalue weighted by Gasteiger charge is 2.31. The molecule has 2 heteroatoms. The molecule has 1 aliphatic carbocycles. The van der Waals surface area contributed by atoms with Crippen molar-refractivity contribution in [2.75, 3.05) is 0 Å². The topological polar surface area (TPSA) is 0 Å². The lowest BCUT2D eigenvalue weighted by molar-refractivity contribution is 0.841. The predicted molar refractivity (Wildman–Crippen MR) is 87.5 cm³/mol. The molecule has 1 aliphatic heterocycles. The van der Waals surface area contributed by atoms with Crippen LogP contribution in [0.2, 0.25) is 0 Å². The van der Waals surface area contributed by atoms with E-state index < -0.39 is 0 Å². The predicted octanol–water partition coefficient (Wildman–Crippen LogP) is 4.04. The van der Waals surface area contributed by atoms with Crippen LogP contribution in [-0.2, 0) is 0 Å². The summed E-state index contributed by atoms with van der Waals surface area (Å²) in [5.41, 5.74) is 4.90. The molecule has 0 saturated heterocycles. The fourth-order valence-corrected chi connectivity index (χ4v) is 4.35. The average molecular weight is 272 g/mol. The lowest BCUT2D eigenvalue weighted by Crippen LogP contribution is -2.03. The van der Waals surface area contributed by atoms with Crippen LogP contribution < -0.4 is 5.46 Å². The van der Waals surface area contributed by atoms with Gasteiger partial charge in [-0.3, -0.25) is 0 Å². The Balaban J connectivity index is 1.84. The van der Waals surface area contributed by atoms with Crippen molar-refractivity contribution in [2.45, 2.75) is 17.2 Å². The maximum absolute atomic E-state index is 5.79. The van der Waals surface area contributed by atoms with Crippen LogP contribution in [0.25, 0.3) is 5.57 Å². The van der Waals surface area contributed by atoms with Gasteiger partial charge in [-0.05, 0) is 29.2 Å². The maximum Gasteiger partial charge on any atom is 0.113 e. The van der Waals surface area contributed by atoms with E-state index in [2.05, 4.69) is 48.6 Å². The molecule has 1 unspecified atom stereocenters. The van der Waals surface area contributed by atoms with E-state index in [1.807, 2.05) is 23.9 Å². The third-order valence-corrected chi connectivity index (χ3v) is 5.29. The van der Waals surface area contributed by atoms with Crippen LogP contribution in [-0.4, -0.2) is 7.85 Å². The van der Waals surface area contributed by atoms with Gasteiger partial charge in [0.1, 0.15) is 7.85 Å². The summed E-state index contributed by atoms with van der Waals surface area (Å²) < 4.78 is 0. The zero-order valence-electron chi connectivity index (χ0n) is 11.0. The average Bonchev–Trinajstić information content (AvgIpc) is 2.87. The van der Waals surface area contributed by atoms with Gasteiger partial charge in [-0.2, -0.15) is 0 Å². The van der Waals surface area contributed by atoms with E-state index in [9.17, 15) is 0 Å². The summed E-state index contributed by atoms with van der Waals surface area (Å²) in [6.45, 7) is 0. The molecule has 2 aromatic rings. The Bertz CT molecular complexity index is 725. The summed E-state index contributed by atoms with van der Waals surface area (Å²) in [5, 5.41) is 0.